The fourth-order valence-corrected chi connectivity index (χ4v) is 5.09. The molecule has 2 heterocycles. The highest BCUT2D eigenvalue weighted by Gasteiger charge is 2.39. The molecular formula is C22H21F3N4O2S. The Bertz CT molecular complexity index is 1320. The van der Waals surface area contributed by atoms with Crippen LogP contribution in [0.4, 0.5) is 13.2 Å². The Labute approximate surface area is 183 Å². The molecule has 6 nitrogen and oxygen atoms in total. The summed E-state index contributed by atoms with van der Waals surface area (Å²) in [7, 11) is -4.36. The molecule has 32 heavy (non-hydrogen) atoms. The number of sulfonamides is 1. The van der Waals surface area contributed by atoms with E-state index in [2.05, 4.69) is 15.6 Å². The van der Waals surface area contributed by atoms with E-state index in [0.29, 0.717) is 22.3 Å². The molecule has 1 fully saturated rings. The molecule has 0 unspecified atom stereocenters. The standard InChI is InChI=1S/C22H21F3N4O2S/c1-13-10-19-20(27-12-13)18(11-26)21(29(19)16-4-3-5-16)15-6-8-17(9-7-15)32(30,31)28-14(2)22(23,24)25/h6-10,12,14,16,28H,3-5H2,1-2H3/t14-/m1/s1. The summed E-state index contributed by atoms with van der Waals surface area (Å²) < 4.78 is 66.9. The average Bonchev–Trinajstić information content (AvgIpc) is 2.99. The molecule has 168 valence electrons. The summed E-state index contributed by atoms with van der Waals surface area (Å²) in [6.45, 7) is 2.67. The molecule has 1 aromatic carbocycles. The minimum Gasteiger partial charge on any atom is -0.335 e. The van der Waals surface area contributed by atoms with Crippen LogP contribution in [0.2, 0.25) is 0 Å². The molecular weight excluding hydrogens is 441 g/mol. The van der Waals surface area contributed by atoms with Crippen LogP contribution < -0.4 is 4.72 Å². The van der Waals surface area contributed by atoms with Crippen LogP contribution >= 0.6 is 0 Å². The maximum absolute atomic E-state index is 12.8. The van der Waals surface area contributed by atoms with Crippen molar-refractivity contribution in [3.05, 3.63) is 47.7 Å². The first kappa shape index (κ1) is 22.3. The third kappa shape index (κ3) is 3.87. The Morgan fingerprint density at radius 1 is 1.25 bits per heavy atom. The number of nitrogens with zero attached hydrogens (tertiary/aromatic N) is 3. The fourth-order valence-electron chi connectivity index (χ4n) is 3.86. The summed E-state index contributed by atoms with van der Waals surface area (Å²) >= 11 is 0. The van der Waals surface area contributed by atoms with Crippen LogP contribution in [0, 0.1) is 18.3 Å². The van der Waals surface area contributed by atoms with Crippen LogP contribution in [0.3, 0.4) is 0 Å². The van der Waals surface area contributed by atoms with E-state index < -0.39 is 22.2 Å². The van der Waals surface area contributed by atoms with E-state index in [0.717, 1.165) is 37.3 Å². The zero-order valence-corrected chi connectivity index (χ0v) is 18.3. The SMILES string of the molecule is Cc1cnc2c(C#N)c(-c3ccc(S(=O)(=O)N[C@H](C)C(F)(F)F)cc3)n(C3CCC3)c2c1. The molecule has 0 bridgehead atoms. The van der Waals surface area contributed by atoms with Crippen molar-refractivity contribution in [3.8, 4) is 17.3 Å². The number of aryl methyl sites for hydroxylation is 1. The zero-order valence-electron chi connectivity index (χ0n) is 17.4. The Kier molecular flexibility index (Phi) is 5.51. The van der Waals surface area contributed by atoms with E-state index in [1.54, 1.807) is 10.9 Å². The van der Waals surface area contributed by atoms with E-state index in [1.807, 2.05) is 13.0 Å². The van der Waals surface area contributed by atoms with Gasteiger partial charge in [0, 0.05) is 12.2 Å². The number of hydrogen-bond acceptors (Lipinski definition) is 4. The number of hydrogen-bond donors (Lipinski definition) is 1. The minimum absolute atomic E-state index is 0.205. The molecule has 2 aromatic heterocycles. The van der Waals surface area contributed by atoms with Crippen molar-refractivity contribution in [1.29, 1.82) is 5.26 Å². The van der Waals surface area contributed by atoms with Crippen molar-refractivity contribution in [3.63, 3.8) is 0 Å². The lowest BCUT2D eigenvalue weighted by Gasteiger charge is -2.30. The van der Waals surface area contributed by atoms with Crippen molar-refractivity contribution < 1.29 is 21.6 Å². The predicted molar refractivity (Wildman–Crippen MR) is 113 cm³/mol. The predicted octanol–water partition coefficient (Wildman–Crippen LogP) is 4.84. The third-order valence-electron chi connectivity index (χ3n) is 5.79. The summed E-state index contributed by atoms with van der Waals surface area (Å²) in [6, 6.07) is 7.74. The van der Waals surface area contributed by atoms with E-state index in [4.69, 9.17) is 0 Å². The van der Waals surface area contributed by atoms with Crippen molar-refractivity contribution in [2.75, 3.05) is 0 Å². The second kappa shape index (κ2) is 7.90. The lowest BCUT2D eigenvalue weighted by Crippen LogP contribution is -2.42. The van der Waals surface area contributed by atoms with Crippen LogP contribution in [0.1, 0.15) is 43.4 Å². The van der Waals surface area contributed by atoms with Gasteiger partial charge in [0.15, 0.2) is 0 Å². The molecule has 0 radical (unpaired) electrons. The summed E-state index contributed by atoms with van der Waals surface area (Å²) in [5.41, 5.74) is 4.03. The fraction of sp³-hybridized carbons (Fsp3) is 0.364. The van der Waals surface area contributed by atoms with Gasteiger partial charge in [-0.15, -0.1) is 0 Å². The maximum Gasteiger partial charge on any atom is 0.404 e. The van der Waals surface area contributed by atoms with Crippen LogP contribution in [0.5, 0.6) is 0 Å². The van der Waals surface area contributed by atoms with Crippen molar-refractivity contribution in [1.82, 2.24) is 14.3 Å². The monoisotopic (exact) mass is 462 g/mol. The number of halogens is 3. The van der Waals surface area contributed by atoms with Gasteiger partial charge in [0.1, 0.15) is 23.2 Å². The first-order chi connectivity index (χ1) is 15.0. The second-order valence-corrected chi connectivity index (χ2v) is 9.79. The van der Waals surface area contributed by atoms with Gasteiger partial charge >= 0.3 is 6.18 Å². The minimum atomic E-state index is -4.69. The first-order valence-electron chi connectivity index (χ1n) is 10.1. The van der Waals surface area contributed by atoms with Gasteiger partial charge in [0.25, 0.3) is 0 Å². The molecule has 1 N–H and O–H groups in total. The highest BCUT2D eigenvalue weighted by molar-refractivity contribution is 7.89. The third-order valence-corrected chi connectivity index (χ3v) is 7.35. The number of aromatic nitrogens is 2. The number of pyridine rings is 1. The van der Waals surface area contributed by atoms with Crippen LogP contribution in [-0.4, -0.2) is 30.2 Å². The molecule has 1 aliphatic carbocycles. The zero-order chi connectivity index (χ0) is 23.3. The Morgan fingerprint density at radius 3 is 2.44 bits per heavy atom. The molecule has 1 atom stereocenters. The normalized spacial score (nSPS) is 16.0. The van der Waals surface area contributed by atoms with Crippen LogP contribution in [-0.2, 0) is 10.0 Å². The van der Waals surface area contributed by atoms with Crippen LogP contribution in [0.25, 0.3) is 22.3 Å². The second-order valence-electron chi connectivity index (χ2n) is 8.08. The van der Waals surface area contributed by atoms with Gasteiger partial charge in [-0.2, -0.15) is 23.2 Å². The van der Waals surface area contributed by atoms with Gasteiger partial charge in [0.2, 0.25) is 10.0 Å². The molecule has 10 heteroatoms. The van der Waals surface area contributed by atoms with Crippen molar-refractivity contribution in [2.45, 2.75) is 56.3 Å². The molecule has 0 aliphatic heterocycles. The van der Waals surface area contributed by atoms with E-state index >= 15 is 0 Å². The number of benzene rings is 1. The maximum atomic E-state index is 12.8. The van der Waals surface area contributed by atoms with Gasteiger partial charge in [-0.25, -0.2) is 8.42 Å². The van der Waals surface area contributed by atoms with Gasteiger partial charge in [-0.05, 0) is 62.4 Å². The van der Waals surface area contributed by atoms with Gasteiger partial charge in [-0.1, -0.05) is 12.1 Å². The average molecular weight is 462 g/mol. The number of fused-ring (bicyclic) bond motifs is 1. The van der Waals surface area contributed by atoms with Crippen LogP contribution in [0.15, 0.2) is 41.4 Å². The first-order valence-corrected chi connectivity index (χ1v) is 11.6. The molecule has 1 aliphatic rings. The smallest absolute Gasteiger partial charge is 0.335 e. The quantitative estimate of drug-likeness (QED) is 0.588. The Hall–Kier alpha value is -2.90. The van der Waals surface area contributed by atoms with Crippen molar-refractivity contribution >= 4 is 21.1 Å². The summed E-state index contributed by atoms with van der Waals surface area (Å²) in [5.74, 6) is 0. The Morgan fingerprint density at radius 2 is 1.91 bits per heavy atom. The number of alkyl halides is 3. The van der Waals surface area contributed by atoms with Crippen molar-refractivity contribution in [2.24, 2.45) is 0 Å². The molecule has 0 amide bonds. The molecule has 0 saturated heterocycles. The highest BCUT2D eigenvalue weighted by atomic mass is 32.2. The number of rotatable bonds is 5. The molecule has 0 spiro atoms. The van der Waals surface area contributed by atoms with E-state index in [9.17, 15) is 26.9 Å². The number of nitriles is 1. The Balaban J connectivity index is 1.80. The number of nitrogens with one attached hydrogen (secondary N) is 1. The molecule has 1 saturated carbocycles. The van der Waals surface area contributed by atoms with E-state index in [-0.39, 0.29) is 10.9 Å². The molecule has 4 rings (SSSR count). The summed E-state index contributed by atoms with van der Waals surface area (Å²) in [6.07, 6.45) is -0.00145. The summed E-state index contributed by atoms with van der Waals surface area (Å²) in [5, 5.41) is 9.88. The topological polar surface area (TPSA) is 87.8 Å². The largest absolute Gasteiger partial charge is 0.404 e. The highest BCUT2D eigenvalue weighted by Crippen LogP contribution is 2.42. The van der Waals surface area contributed by atoms with E-state index in [1.165, 1.54) is 24.3 Å². The van der Waals surface area contributed by atoms with Gasteiger partial charge in [-0.3, -0.25) is 4.98 Å². The van der Waals surface area contributed by atoms with Gasteiger partial charge < -0.3 is 4.57 Å². The lowest BCUT2D eigenvalue weighted by atomic mass is 9.92. The molecule has 3 aromatic rings. The lowest BCUT2D eigenvalue weighted by molar-refractivity contribution is -0.147. The summed E-state index contributed by atoms with van der Waals surface area (Å²) in [4.78, 5) is 4.17. The van der Waals surface area contributed by atoms with Gasteiger partial charge in [0.05, 0.1) is 16.1 Å².